The maximum Gasteiger partial charge on any atom is 0.260 e. The lowest BCUT2D eigenvalue weighted by Gasteiger charge is -2.43. The van der Waals surface area contributed by atoms with Crippen molar-refractivity contribution in [1.82, 2.24) is 24.2 Å². The number of aryl methyl sites for hydroxylation is 1. The fraction of sp³-hybridized carbons (Fsp3) is 0.457. The predicted molar refractivity (Wildman–Crippen MR) is 203 cm³/mol. The van der Waals surface area contributed by atoms with E-state index in [9.17, 15) is 18.1 Å². The number of hydrogen-bond acceptors (Lipinski definition) is 11. The van der Waals surface area contributed by atoms with E-state index in [2.05, 4.69) is 20.5 Å². The summed E-state index contributed by atoms with van der Waals surface area (Å²) >= 11 is 6.72. The van der Waals surface area contributed by atoms with Crippen LogP contribution >= 0.6 is 22.4 Å². The molecule has 0 bridgehead atoms. The average Bonchev–Trinajstić information content (AvgIpc) is 3.12. The van der Waals surface area contributed by atoms with Gasteiger partial charge in [-0.3, -0.25) is 22.7 Å². The molecule has 2 aromatic heterocycles. The minimum atomic E-state index is -2.85. The molecule has 7 rings (SSSR count). The number of fused-ring (bicyclic) bond motifs is 1. The highest BCUT2D eigenvalue weighted by Gasteiger charge is 2.29. The van der Waals surface area contributed by atoms with Crippen molar-refractivity contribution in [2.75, 3.05) is 69.0 Å². The third kappa shape index (κ3) is 7.44. The van der Waals surface area contributed by atoms with Crippen LogP contribution in [0.5, 0.6) is 0 Å². The Kier molecular flexibility index (Phi) is 10.5. The van der Waals surface area contributed by atoms with Crippen LogP contribution in [0, 0.1) is 6.92 Å². The number of piperazine rings is 1. The summed E-state index contributed by atoms with van der Waals surface area (Å²) in [6, 6.07) is 13.1. The summed E-state index contributed by atoms with van der Waals surface area (Å²) < 4.78 is 42.9. The molecule has 3 aliphatic rings. The highest BCUT2D eigenvalue weighted by Crippen LogP contribution is 2.42. The number of piperidine rings is 1. The van der Waals surface area contributed by atoms with Crippen LogP contribution in [-0.2, 0) is 15.5 Å². The third-order valence-corrected chi connectivity index (χ3v) is 13.3. The van der Waals surface area contributed by atoms with E-state index in [1.54, 1.807) is 15.1 Å². The Morgan fingerprint density at radius 3 is 2.42 bits per heavy atom. The van der Waals surface area contributed by atoms with Gasteiger partial charge in [-0.15, -0.1) is 10.8 Å². The molecule has 4 N–H and O–H groups in total. The zero-order valence-electron chi connectivity index (χ0n) is 28.3. The van der Waals surface area contributed by atoms with Crippen molar-refractivity contribution in [3.63, 3.8) is 0 Å². The molecule has 5 heterocycles. The first-order chi connectivity index (χ1) is 24.1. The van der Waals surface area contributed by atoms with Crippen molar-refractivity contribution in [3.05, 3.63) is 69.6 Å². The molecule has 1 unspecified atom stereocenters. The predicted octanol–water partition coefficient (Wildman–Crippen LogP) is 5.79. The molecule has 0 saturated carbocycles. The van der Waals surface area contributed by atoms with E-state index in [0.29, 0.717) is 66.7 Å². The Labute approximate surface area is 301 Å². The standard InChI is InChI=1S/C35H44ClN7O5S2/c1-23-19-28(49(45)27-9-17-48-18-10-27)4-5-29(23)30-20-24-22-38-35(39-25-3-6-32(31(36)21-25)41-15-11-37-12-16-41)40-33(24)43(34(30)44)26-7-13-42(14-8-26)50(2,46)47/h3-6,19-22,26-27,37,46-47H,7-18H2,1-2H3,(H,38,39,40). The van der Waals surface area contributed by atoms with Crippen molar-refractivity contribution < 1.29 is 18.1 Å². The van der Waals surface area contributed by atoms with Crippen LogP contribution in [0.25, 0.3) is 22.2 Å². The minimum absolute atomic E-state index is 0.0560. The van der Waals surface area contributed by atoms with Gasteiger partial charge < -0.3 is 20.3 Å². The van der Waals surface area contributed by atoms with Gasteiger partial charge in [0.25, 0.3) is 5.56 Å². The van der Waals surface area contributed by atoms with Gasteiger partial charge in [0, 0.05) is 97.8 Å². The highest BCUT2D eigenvalue weighted by molar-refractivity contribution is 8.21. The average molecular weight is 742 g/mol. The van der Waals surface area contributed by atoms with Gasteiger partial charge in [-0.05, 0) is 80.1 Å². The zero-order valence-corrected chi connectivity index (χ0v) is 30.7. The molecule has 50 heavy (non-hydrogen) atoms. The normalized spacial score (nSPS) is 19.5. The fourth-order valence-corrected chi connectivity index (χ4v) is 9.88. The van der Waals surface area contributed by atoms with E-state index >= 15 is 0 Å². The van der Waals surface area contributed by atoms with Gasteiger partial charge in [0.2, 0.25) is 5.95 Å². The van der Waals surface area contributed by atoms with Crippen LogP contribution in [0.4, 0.5) is 17.3 Å². The van der Waals surface area contributed by atoms with Crippen LogP contribution in [0.15, 0.2) is 58.4 Å². The van der Waals surface area contributed by atoms with Gasteiger partial charge in [0.1, 0.15) is 5.65 Å². The first-order valence-electron chi connectivity index (χ1n) is 17.1. The summed E-state index contributed by atoms with van der Waals surface area (Å²) in [4.78, 5) is 27.1. The van der Waals surface area contributed by atoms with Crippen LogP contribution in [0.3, 0.4) is 0 Å². The van der Waals surface area contributed by atoms with Crippen molar-refractivity contribution >= 4 is 61.5 Å². The molecule has 0 amide bonds. The Bertz CT molecular complexity index is 1950. The summed E-state index contributed by atoms with van der Waals surface area (Å²) in [6.07, 6.45) is 5.77. The van der Waals surface area contributed by atoms with Crippen LogP contribution < -0.4 is 21.1 Å². The molecule has 0 radical (unpaired) electrons. The lowest BCUT2D eigenvalue weighted by molar-refractivity contribution is 0.0992. The summed E-state index contributed by atoms with van der Waals surface area (Å²) in [6.45, 7) is 7.64. The number of halogens is 1. The molecule has 12 nitrogen and oxygen atoms in total. The summed E-state index contributed by atoms with van der Waals surface area (Å²) in [5.74, 6) is 0.334. The van der Waals surface area contributed by atoms with Gasteiger partial charge in [-0.2, -0.15) is 4.98 Å². The van der Waals surface area contributed by atoms with E-state index in [1.165, 1.54) is 6.26 Å². The topological polar surface area (TPSA) is 145 Å². The Hall–Kier alpha value is -3.08. The van der Waals surface area contributed by atoms with Gasteiger partial charge in [0.05, 0.1) is 21.5 Å². The van der Waals surface area contributed by atoms with Crippen molar-refractivity contribution in [1.29, 1.82) is 0 Å². The maximum atomic E-state index is 14.6. The number of pyridine rings is 1. The third-order valence-electron chi connectivity index (χ3n) is 9.90. The number of rotatable bonds is 8. The van der Waals surface area contributed by atoms with Crippen molar-refractivity contribution in [3.8, 4) is 11.1 Å². The highest BCUT2D eigenvalue weighted by atomic mass is 35.5. The largest absolute Gasteiger partial charge is 0.381 e. The number of hydrogen-bond donors (Lipinski definition) is 4. The maximum absolute atomic E-state index is 14.6. The molecular weight excluding hydrogens is 698 g/mol. The number of ether oxygens (including phenoxy) is 1. The molecule has 4 aromatic rings. The second-order valence-corrected chi connectivity index (χ2v) is 17.5. The van der Waals surface area contributed by atoms with Gasteiger partial charge in [0.15, 0.2) is 0 Å². The van der Waals surface area contributed by atoms with Crippen LogP contribution in [0.1, 0.15) is 37.3 Å². The van der Waals surface area contributed by atoms with Crippen molar-refractivity contribution in [2.45, 2.75) is 48.8 Å². The van der Waals surface area contributed by atoms with E-state index in [-0.39, 0.29) is 16.9 Å². The SMILES string of the molecule is Cc1cc(S(=O)C2CCOCC2)ccc1-c1cc2cnc(Nc3ccc(N4CCNCC4)c(Cl)c3)nc2n(C2CCN(S(C)(O)O)CC2)c1=O. The van der Waals surface area contributed by atoms with Gasteiger partial charge in [-0.1, -0.05) is 17.7 Å². The van der Waals surface area contributed by atoms with Crippen LogP contribution in [-0.4, -0.2) is 96.1 Å². The molecule has 3 aliphatic heterocycles. The molecule has 3 saturated heterocycles. The van der Waals surface area contributed by atoms with E-state index < -0.39 is 21.6 Å². The summed E-state index contributed by atoms with van der Waals surface area (Å²) in [7, 11) is -4.02. The zero-order chi connectivity index (χ0) is 35.0. The summed E-state index contributed by atoms with van der Waals surface area (Å²) in [5.41, 5.74) is 4.16. The molecule has 0 aliphatic carbocycles. The molecule has 15 heteroatoms. The first-order valence-corrected chi connectivity index (χ1v) is 20.6. The monoisotopic (exact) mass is 741 g/mol. The second-order valence-electron chi connectivity index (χ2n) is 13.3. The van der Waals surface area contributed by atoms with Gasteiger partial charge >= 0.3 is 0 Å². The number of nitrogens with zero attached hydrogens (tertiary/aromatic N) is 5. The van der Waals surface area contributed by atoms with Gasteiger partial charge in [-0.25, -0.2) is 9.29 Å². The quantitative estimate of drug-likeness (QED) is 0.174. The Morgan fingerprint density at radius 2 is 1.74 bits per heavy atom. The first kappa shape index (κ1) is 35.3. The second kappa shape index (κ2) is 14.9. The fourth-order valence-electron chi connectivity index (χ4n) is 7.18. The molecular formula is C35H44ClN7O5S2. The number of nitrogens with one attached hydrogen (secondary N) is 2. The molecule has 0 spiro atoms. The lowest BCUT2D eigenvalue weighted by atomic mass is 9.99. The van der Waals surface area contributed by atoms with Crippen molar-refractivity contribution in [2.24, 2.45) is 0 Å². The number of aromatic nitrogens is 3. The number of benzene rings is 2. The Morgan fingerprint density at radius 1 is 1.00 bits per heavy atom. The molecule has 2 aromatic carbocycles. The Balaban J connectivity index is 1.24. The lowest BCUT2D eigenvalue weighted by Crippen LogP contribution is -2.43. The van der Waals surface area contributed by atoms with E-state index in [4.69, 9.17) is 21.3 Å². The molecule has 3 fully saturated rings. The van der Waals surface area contributed by atoms with E-state index in [0.717, 1.165) is 66.4 Å². The molecule has 1 atom stereocenters. The minimum Gasteiger partial charge on any atom is -0.381 e. The van der Waals surface area contributed by atoms with Crippen LogP contribution in [0.2, 0.25) is 5.02 Å². The molecule has 268 valence electrons. The van der Waals surface area contributed by atoms with E-state index in [1.807, 2.05) is 49.4 Å². The number of anilines is 3. The smallest absolute Gasteiger partial charge is 0.260 e. The summed E-state index contributed by atoms with van der Waals surface area (Å²) in [5, 5.41) is 8.03.